The summed E-state index contributed by atoms with van der Waals surface area (Å²) >= 11 is 0. The lowest BCUT2D eigenvalue weighted by molar-refractivity contribution is 0.104. The van der Waals surface area contributed by atoms with Crippen LogP contribution in [0.25, 0.3) is 0 Å². The van der Waals surface area contributed by atoms with E-state index in [1.165, 1.54) is 27.1 Å². The molecule has 6 nitrogen and oxygen atoms in total. The highest BCUT2D eigenvalue weighted by atomic mass is 16.5. The van der Waals surface area contributed by atoms with Gasteiger partial charge in [-0.3, -0.25) is 0 Å². The number of carbonyl (C=O) groups excluding carboxylic acids is 2. The van der Waals surface area contributed by atoms with Gasteiger partial charge < -0.3 is 19.7 Å². The molecule has 0 aromatic carbocycles. The maximum atomic E-state index is 11.6. The van der Waals surface area contributed by atoms with E-state index >= 15 is 0 Å². The van der Waals surface area contributed by atoms with Gasteiger partial charge in [0.15, 0.2) is 0 Å². The summed E-state index contributed by atoms with van der Waals surface area (Å²) in [5, 5.41) is 2.76. The molecule has 0 bridgehead atoms. The fourth-order valence-corrected chi connectivity index (χ4v) is 2.74. The number of carbonyl (C=O) groups is 2. The first-order valence-electron chi connectivity index (χ1n) is 7.21. The number of rotatable bonds is 3. The second-order valence-corrected chi connectivity index (χ2v) is 5.35. The summed E-state index contributed by atoms with van der Waals surface area (Å²) < 4.78 is 9.38. The zero-order chi connectivity index (χ0) is 15.0. The van der Waals surface area contributed by atoms with Gasteiger partial charge in [0.25, 0.3) is 0 Å². The van der Waals surface area contributed by atoms with Crippen LogP contribution in [-0.4, -0.2) is 50.9 Å². The molecule has 6 heteroatoms. The predicted molar refractivity (Wildman–Crippen MR) is 75.6 cm³/mol. The lowest BCUT2D eigenvalue weighted by atomic mass is 9.87. The molecule has 20 heavy (non-hydrogen) atoms. The molecule has 2 amide bonds. The Morgan fingerprint density at radius 1 is 1.15 bits per heavy atom. The molecule has 1 rings (SSSR count). The number of amides is 2. The highest BCUT2D eigenvalue weighted by Crippen LogP contribution is 2.25. The molecule has 1 aliphatic rings. The van der Waals surface area contributed by atoms with Crippen molar-refractivity contribution >= 4 is 12.2 Å². The van der Waals surface area contributed by atoms with E-state index in [-0.39, 0.29) is 12.1 Å². The smallest absolute Gasteiger partial charge is 0.409 e. The van der Waals surface area contributed by atoms with Crippen molar-refractivity contribution in [1.29, 1.82) is 0 Å². The van der Waals surface area contributed by atoms with Crippen molar-refractivity contribution in [2.24, 2.45) is 5.92 Å². The van der Waals surface area contributed by atoms with E-state index in [1.54, 1.807) is 11.9 Å². The molecule has 0 aromatic heterocycles. The Morgan fingerprint density at radius 2 is 1.85 bits per heavy atom. The highest BCUT2D eigenvalue weighted by Gasteiger charge is 2.25. The maximum Gasteiger partial charge on any atom is 0.409 e. The minimum atomic E-state index is -0.398. The van der Waals surface area contributed by atoms with Crippen LogP contribution < -0.4 is 5.32 Å². The van der Waals surface area contributed by atoms with Crippen LogP contribution in [0.2, 0.25) is 0 Å². The zero-order valence-corrected chi connectivity index (χ0v) is 12.7. The fourth-order valence-electron chi connectivity index (χ4n) is 2.74. The van der Waals surface area contributed by atoms with Crippen LogP contribution >= 0.6 is 0 Å². The lowest BCUT2D eigenvalue weighted by Gasteiger charge is -2.32. The minimum Gasteiger partial charge on any atom is -0.453 e. The van der Waals surface area contributed by atoms with E-state index < -0.39 is 6.09 Å². The van der Waals surface area contributed by atoms with E-state index in [0.29, 0.717) is 12.5 Å². The molecule has 1 saturated carbocycles. The average Bonchev–Trinajstić information content (AvgIpc) is 2.44. The third-order valence-corrected chi connectivity index (χ3v) is 3.99. The van der Waals surface area contributed by atoms with Gasteiger partial charge in [0.1, 0.15) is 0 Å². The molecule has 116 valence electrons. The average molecular weight is 286 g/mol. The van der Waals surface area contributed by atoms with Crippen molar-refractivity contribution in [1.82, 2.24) is 10.2 Å². The van der Waals surface area contributed by atoms with E-state index in [4.69, 9.17) is 4.74 Å². The summed E-state index contributed by atoms with van der Waals surface area (Å²) in [5.41, 5.74) is 0. The number of hydrogen-bond acceptors (Lipinski definition) is 4. The standard InChI is InChI=1S/C14H26N2O4/c1-16(14(18)20-3)12-8-6-4-5-7-11(9-12)10-15-13(17)19-2/h11-12H,4-10H2,1-3H3,(H,15,17). The van der Waals surface area contributed by atoms with Crippen LogP contribution in [0, 0.1) is 5.92 Å². The van der Waals surface area contributed by atoms with Gasteiger partial charge in [-0.05, 0) is 25.2 Å². The second-order valence-electron chi connectivity index (χ2n) is 5.35. The van der Waals surface area contributed by atoms with Crippen LogP contribution in [0.1, 0.15) is 38.5 Å². The van der Waals surface area contributed by atoms with E-state index in [0.717, 1.165) is 25.7 Å². The normalized spacial score (nSPS) is 23.1. The van der Waals surface area contributed by atoms with Gasteiger partial charge in [0, 0.05) is 19.6 Å². The fraction of sp³-hybridized carbons (Fsp3) is 0.857. The van der Waals surface area contributed by atoms with Crippen LogP contribution in [0.3, 0.4) is 0 Å². The van der Waals surface area contributed by atoms with E-state index in [9.17, 15) is 9.59 Å². The molecular formula is C14H26N2O4. The monoisotopic (exact) mass is 286 g/mol. The van der Waals surface area contributed by atoms with Gasteiger partial charge in [0.05, 0.1) is 14.2 Å². The summed E-state index contributed by atoms with van der Waals surface area (Å²) in [6, 6.07) is 0.173. The Bertz CT molecular complexity index is 322. The van der Waals surface area contributed by atoms with Gasteiger partial charge in [-0.15, -0.1) is 0 Å². The quantitative estimate of drug-likeness (QED) is 0.865. The number of nitrogens with zero attached hydrogens (tertiary/aromatic N) is 1. The molecule has 0 aliphatic heterocycles. The highest BCUT2D eigenvalue weighted by molar-refractivity contribution is 5.67. The molecule has 2 unspecified atom stereocenters. The van der Waals surface area contributed by atoms with Crippen LogP contribution in [0.5, 0.6) is 0 Å². The van der Waals surface area contributed by atoms with Crippen molar-refractivity contribution in [3.05, 3.63) is 0 Å². The summed E-state index contributed by atoms with van der Waals surface area (Å²) in [5.74, 6) is 0.367. The number of nitrogens with one attached hydrogen (secondary N) is 1. The Labute approximate surface area is 120 Å². The van der Waals surface area contributed by atoms with Gasteiger partial charge in [-0.1, -0.05) is 19.3 Å². The van der Waals surface area contributed by atoms with Crippen molar-refractivity contribution < 1.29 is 19.1 Å². The van der Waals surface area contributed by atoms with E-state index in [2.05, 4.69) is 10.1 Å². The molecule has 2 atom stereocenters. The Balaban J connectivity index is 2.56. The first-order valence-corrected chi connectivity index (χ1v) is 7.21. The number of ether oxygens (including phenoxy) is 2. The van der Waals surface area contributed by atoms with Crippen molar-refractivity contribution in [3.63, 3.8) is 0 Å². The SMILES string of the molecule is COC(=O)NCC1CCCCCC(N(C)C(=O)OC)C1. The summed E-state index contributed by atoms with van der Waals surface area (Å²) in [7, 11) is 4.54. The summed E-state index contributed by atoms with van der Waals surface area (Å²) in [4.78, 5) is 24.5. The third-order valence-electron chi connectivity index (χ3n) is 3.99. The maximum absolute atomic E-state index is 11.6. The number of methoxy groups -OCH3 is 2. The van der Waals surface area contributed by atoms with Crippen LogP contribution in [0.15, 0.2) is 0 Å². The summed E-state index contributed by atoms with van der Waals surface area (Å²) in [6.07, 6.45) is 5.71. The number of alkyl carbamates (subject to hydrolysis) is 1. The molecule has 1 N–H and O–H groups in total. The topological polar surface area (TPSA) is 67.9 Å². The predicted octanol–water partition coefficient (Wildman–Crippen LogP) is 2.38. The van der Waals surface area contributed by atoms with E-state index in [1.807, 2.05) is 0 Å². The molecule has 1 fully saturated rings. The van der Waals surface area contributed by atoms with Crippen LogP contribution in [0.4, 0.5) is 9.59 Å². The minimum absolute atomic E-state index is 0.173. The molecule has 1 aliphatic carbocycles. The van der Waals surface area contributed by atoms with Crippen LogP contribution in [-0.2, 0) is 9.47 Å². The molecular weight excluding hydrogens is 260 g/mol. The van der Waals surface area contributed by atoms with Crippen molar-refractivity contribution in [2.75, 3.05) is 27.8 Å². The lowest BCUT2D eigenvalue weighted by Crippen LogP contribution is -2.40. The van der Waals surface area contributed by atoms with Gasteiger partial charge >= 0.3 is 12.2 Å². The Hall–Kier alpha value is -1.46. The van der Waals surface area contributed by atoms with Gasteiger partial charge in [0.2, 0.25) is 0 Å². The molecule has 0 spiro atoms. The molecule has 0 radical (unpaired) electrons. The van der Waals surface area contributed by atoms with Crippen molar-refractivity contribution in [3.8, 4) is 0 Å². The van der Waals surface area contributed by atoms with Gasteiger partial charge in [-0.2, -0.15) is 0 Å². The van der Waals surface area contributed by atoms with Gasteiger partial charge in [-0.25, -0.2) is 9.59 Å². The van der Waals surface area contributed by atoms with Crippen molar-refractivity contribution in [2.45, 2.75) is 44.6 Å². The number of hydrogen-bond donors (Lipinski definition) is 1. The molecule has 0 saturated heterocycles. The Kier molecular flexibility index (Phi) is 7.18. The largest absolute Gasteiger partial charge is 0.453 e. The third kappa shape index (κ3) is 5.27. The Morgan fingerprint density at radius 3 is 2.50 bits per heavy atom. The summed E-state index contributed by atoms with van der Waals surface area (Å²) in [6.45, 7) is 0.595. The second kappa shape index (κ2) is 8.66. The first kappa shape index (κ1) is 16.6. The zero-order valence-electron chi connectivity index (χ0n) is 12.7. The first-order chi connectivity index (χ1) is 9.58. The molecule has 0 aromatic rings. The molecule has 0 heterocycles.